The molecule has 0 N–H and O–H groups in total. The van der Waals surface area contributed by atoms with Crippen molar-refractivity contribution in [2.24, 2.45) is 0 Å². The van der Waals surface area contributed by atoms with Crippen molar-refractivity contribution < 1.29 is 22.7 Å². The van der Waals surface area contributed by atoms with Crippen LogP contribution >= 0.6 is 23.2 Å². The van der Waals surface area contributed by atoms with E-state index < -0.39 is 17.6 Å². The number of ether oxygens (including phenoxy) is 1. The van der Waals surface area contributed by atoms with Crippen LogP contribution in [0.4, 0.5) is 13.2 Å². The van der Waals surface area contributed by atoms with Crippen LogP contribution in [-0.2, 0) is 12.7 Å². The number of halogens is 5. The molecular weight excluding hydrogens is 512 g/mol. The normalized spacial score (nSPS) is 18.3. The standard InChI is InChI=1S/C27H25Cl2F3N2O2/c1-33(26(35)19-9-11-25(36-2)21(12-19)27(30,31)32)24-16-34(14-17-6-4-3-5-7-17)15-20(24)18-8-10-22(28)23(29)13-18/h3-13,20,24H,14-16H2,1-2H3/t20-,24+/m0/s1. The predicted molar refractivity (Wildman–Crippen MR) is 135 cm³/mol. The van der Waals surface area contributed by atoms with Crippen LogP contribution in [0.25, 0.3) is 0 Å². The Morgan fingerprint density at radius 2 is 1.75 bits per heavy atom. The minimum atomic E-state index is -4.65. The van der Waals surface area contributed by atoms with E-state index in [9.17, 15) is 18.0 Å². The van der Waals surface area contributed by atoms with Crippen molar-refractivity contribution in [3.05, 3.63) is 99.0 Å². The van der Waals surface area contributed by atoms with Gasteiger partial charge in [-0.3, -0.25) is 9.69 Å². The lowest BCUT2D eigenvalue weighted by Crippen LogP contribution is -2.41. The molecule has 0 aliphatic carbocycles. The van der Waals surface area contributed by atoms with Crippen molar-refractivity contribution in [2.75, 3.05) is 27.2 Å². The van der Waals surface area contributed by atoms with Gasteiger partial charge in [0.1, 0.15) is 5.75 Å². The number of methoxy groups -OCH3 is 1. The third-order valence-corrected chi connectivity index (χ3v) is 7.29. The van der Waals surface area contributed by atoms with Crippen molar-refractivity contribution in [3.8, 4) is 5.75 Å². The van der Waals surface area contributed by atoms with Crippen LogP contribution in [0.2, 0.25) is 10.0 Å². The van der Waals surface area contributed by atoms with Gasteiger partial charge in [0, 0.05) is 38.2 Å². The zero-order valence-corrected chi connectivity index (χ0v) is 21.2. The van der Waals surface area contributed by atoms with Crippen LogP contribution in [0.5, 0.6) is 5.75 Å². The summed E-state index contributed by atoms with van der Waals surface area (Å²) in [6, 6.07) is 18.4. The number of carbonyl (C=O) groups is 1. The molecule has 3 aromatic rings. The lowest BCUT2D eigenvalue weighted by Gasteiger charge is -2.30. The Bertz CT molecular complexity index is 1240. The van der Waals surface area contributed by atoms with Gasteiger partial charge in [-0.25, -0.2) is 0 Å². The number of amides is 1. The highest BCUT2D eigenvalue weighted by molar-refractivity contribution is 6.42. The minimum absolute atomic E-state index is 0.0555. The van der Waals surface area contributed by atoms with Gasteiger partial charge in [0.2, 0.25) is 0 Å². The quantitative estimate of drug-likeness (QED) is 0.349. The second-order valence-corrected chi connectivity index (χ2v) is 9.67. The summed E-state index contributed by atoms with van der Waals surface area (Å²) < 4.78 is 45.5. The molecule has 0 bridgehead atoms. The van der Waals surface area contributed by atoms with E-state index in [1.54, 1.807) is 19.2 Å². The molecule has 9 heteroatoms. The maximum Gasteiger partial charge on any atom is 0.419 e. The number of alkyl halides is 3. The molecule has 36 heavy (non-hydrogen) atoms. The number of likely N-dealkylation sites (N-methyl/N-ethyl adjacent to an activating group) is 1. The highest BCUT2D eigenvalue weighted by Gasteiger charge is 2.40. The molecule has 1 fully saturated rings. The molecule has 190 valence electrons. The summed E-state index contributed by atoms with van der Waals surface area (Å²) in [4.78, 5) is 17.2. The number of benzene rings is 3. The Hall–Kier alpha value is -2.74. The molecule has 3 aromatic carbocycles. The van der Waals surface area contributed by atoms with Crippen molar-refractivity contribution in [3.63, 3.8) is 0 Å². The number of hydrogen-bond donors (Lipinski definition) is 0. The maximum absolute atomic E-state index is 13.6. The molecule has 1 aliphatic rings. The maximum atomic E-state index is 13.6. The van der Waals surface area contributed by atoms with Gasteiger partial charge in [-0.15, -0.1) is 0 Å². The van der Waals surface area contributed by atoms with Crippen LogP contribution in [-0.4, -0.2) is 49.0 Å². The minimum Gasteiger partial charge on any atom is -0.496 e. The fourth-order valence-electron chi connectivity index (χ4n) is 4.72. The summed E-state index contributed by atoms with van der Waals surface area (Å²) in [6.07, 6.45) is -4.65. The highest BCUT2D eigenvalue weighted by Crippen LogP contribution is 2.38. The molecular formula is C27H25Cl2F3N2O2. The van der Waals surface area contributed by atoms with Gasteiger partial charge in [0.05, 0.1) is 28.8 Å². The molecule has 0 radical (unpaired) electrons. The molecule has 1 amide bonds. The zero-order chi connectivity index (χ0) is 26.0. The van der Waals surface area contributed by atoms with Crippen LogP contribution in [0.1, 0.15) is 33.0 Å². The monoisotopic (exact) mass is 536 g/mol. The molecule has 1 heterocycles. The molecule has 4 rings (SSSR count). The molecule has 4 nitrogen and oxygen atoms in total. The summed E-state index contributed by atoms with van der Waals surface area (Å²) >= 11 is 12.4. The SMILES string of the molecule is COc1ccc(C(=O)N(C)[C@@H]2CN(Cc3ccccc3)C[C@H]2c2ccc(Cl)c(Cl)c2)cc1C(F)(F)F. The molecule has 0 saturated carbocycles. The Balaban J connectivity index is 1.65. The molecule has 0 unspecified atom stereocenters. The average Bonchev–Trinajstić information content (AvgIpc) is 3.28. The topological polar surface area (TPSA) is 32.8 Å². The van der Waals surface area contributed by atoms with Crippen LogP contribution in [0.15, 0.2) is 66.7 Å². The molecule has 2 atom stereocenters. The number of rotatable bonds is 6. The average molecular weight is 537 g/mol. The summed E-state index contributed by atoms with van der Waals surface area (Å²) in [6.45, 7) is 1.87. The molecule has 1 saturated heterocycles. The van der Waals surface area contributed by atoms with Crippen LogP contribution < -0.4 is 4.74 Å². The Labute approximate surface area is 218 Å². The van der Waals surface area contributed by atoms with E-state index in [1.165, 1.54) is 24.1 Å². The van der Waals surface area contributed by atoms with Gasteiger partial charge < -0.3 is 9.64 Å². The first-order valence-electron chi connectivity index (χ1n) is 11.3. The highest BCUT2D eigenvalue weighted by atomic mass is 35.5. The lowest BCUT2D eigenvalue weighted by molar-refractivity contribution is -0.138. The summed E-state index contributed by atoms with van der Waals surface area (Å²) in [7, 11) is 2.79. The predicted octanol–water partition coefficient (Wildman–Crippen LogP) is 6.76. The second kappa shape index (κ2) is 10.7. The van der Waals surface area contributed by atoms with E-state index >= 15 is 0 Å². The summed E-state index contributed by atoms with van der Waals surface area (Å²) in [5.74, 6) is -0.942. The van der Waals surface area contributed by atoms with E-state index in [0.717, 1.165) is 17.2 Å². The second-order valence-electron chi connectivity index (χ2n) is 8.86. The van der Waals surface area contributed by atoms with Crippen molar-refractivity contribution in [1.29, 1.82) is 0 Å². The van der Waals surface area contributed by atoms with Gasteiger partial charge in [-0.05, 0) is 41.5 Å². The van der Waals surface area contributed by atoms with E-state index in [0.29, 0.717) is 29.7 Å². The lowest BCUT2D eigenvalue weighted by atomic mass is 9.93. The summed E-state index contributed by atoms with van der Waals surface area (Å²) in [5, 5.41) is 0.840. The van der Waals surface area contributed by atoms with Crippen LogP contribution in [0.3, 0.4) is 0 Å². The number of nitrogens with zero attached hydrogens (tertiary/aromatic N) is 2. The number of hydrogen-bond acceptors (Lipinski definition) is 3. The van der Waals surface area contributed by atoms with Crippen LogP contribution in [0, 0.1) is 0 Å². The third kappa shape index (κ3) is 5.64. The zero-order valence-electron chi connectivity index (χ0n) is 19.7. The molecule has 1 aliphatic heterocycles. The number of likely N-dealkylation sites (tertiary alicyclic amines) is 1. The molecule has 0 aromatic heterocycles. The Kier molecular flexibility index (Phi) is 7.83. The van der Waals surface area contributed by atoms with Gasteiger partial charge in [-0.2, -0.15) is 13.2 Å². The molecule has 0 spiro atoms. The van der Waals surface area contributed by atoms with Gasteiger partial charge in [0.25, 0.3) is 5.91 Å². The van der Waals surface area contributed by atoms with Gasteiger partial charge in [-0.1, -0.05) is 59.6 Å². The Morgan fingerprint density at radius 3 is 2.39 bits per heavy atom. The Morgan fingerprint density at radius 1 is 1.03 bits per heavy atom. The van der Waals surface area contributed by atoms with Crippen molar-refractivity contribution in [2.45, 2.75) is 24.7 Å². The van der Waals surface area contributed by atoms with E-state index in [2.05, 4.69) is 4.90 Å². The summed E-state index contributed by atoms with van der Waals surface area (Å²) in [5.41, 5.74) is 1.00. The van der Waals surface area contributed by atoms with Gasteiger partial charge >= 0.3 is 6.18 Å². The first kappa shape index (κ1) is 26.3. The van der Waals surface area contributed by atoms with E-state index in [4.69, 9.17) is 27.9 Å². The van der Waals surface area contributed by atoms with E-state index in [1.807, 2.05) is 36.4 Å². The fraction of sp³-hybridized carbons (Fsp3) is 0.296. The van der Waals surface area contributed by atoms with Crippen molar-refractivity contribution >= 4 is 29.1 Å². The van der Waals surface area contributed by atoms with Gasteiger partial charge in [0.15, 0.2) is 0 Å². The number of carbonyl (C=O) groups excluding carboxylic acids is 1. The smallest absolute Gasteiger partial charge is 0.419 e. The third-order valence-electron chi connectivity index (χ3n) is 6.56. The largest absolute Gasteiger partial charge is 0.496 e. The van der Waals surface area contributed by atoms with Crippen molar-refractivity contribution in [1.82, 2.24) is 9.80 Å². The van der Waals surface area contributed by atoms with E-state index in [-0.39, 0.29) is 23.3 Å². The first-order valence-corrected chi connectivity index (χ1v) is 12.1. The fourth-order valence-corrected chi connectivity index (χ4v) is 5.02. The first-order chi connectivity index (χ1) is 17.1.